The predicted molar refractivity (Wildman–Crippen MR) is 49.7 cm³/mol. The van der Waals surface area contributed by atoms with Gasteiger partial charge in [-0.1, -0.05) is 6.07 Å². The summed E-state index contributed by atoms with van der Waals surface area (Å²) in [6.45, 7) is 0. The molecule has 0 saturated carbocycles. The monoisotopic (exact) mass is 194 g/mol. The van der Waals surface area contributed by atoms with Gasteiger partial charge in [0.05, 0.1) is 12.7 Å². The van der Waals surface area contributed by atoms with Crippen molar-refractivity contribution in [2.24, 2.45) is 0 Å². The third-order valence-corrected chi connectivity index (χ3v) is 1.85. The number of hydrogen-bond acceptors (Lipinski definition) is 3. The van der Waals surface area contributed by atoms with Crippen LogP contribution in [0.25, 0.3) is 0 Å². The molecule has 0 spiro atoms. The fourth-order valence-electron chi connectivity index (χ4n) is 1.15. The SMILES string of the molecule is COc1ccc(CC=O)c(C(=O)O)c1. The summed E-state index contributed by atoms with van der Waals surface area (Å²) in [6.07, 6.45) is 0.778. The number of rotatable bonds is 4. The van der Waals surface area contributed by atoms with Gasteiger partial charge in [0.25, 0.3) is 0 Å². The zero-order chi connectivity index (χ0) is 10.6. The molecular formula is C10H10O4. The molecule has 0 radical (unpaired) electrons. The van der Waals surface area contributed by atoms with E-state index in [0.717, 1.165) is 0 Å². The van der Waals surface area contributed by atoms with Gasteiger partial charge in [-0.3, -0.25) is 0 Å². The maximum absolute atomic E-state index is 10.8. The summed E-state index contributed by atoms with van der Waals surface area (Å²) in [7, 11) is 1.46. The Balaban J connectivity index is 3.16. The van der Waals surface area contributed by atoms with Crippen molar-refractivity contribution in [3.8, 4) is 5.75 Å². The van der Waals surface area contributed by atoms with Gasteiger partial charge in [0.2, 0.25) is 0 Å². The van der Waals surface area contributed by atoms with Gasteiger partial charge in [-0.25, -0.2) is 4.79 Å². The first kappa shape index (κ1) is 10.2. The molecule has 0 aliphatic carbocycles. The summed E-state index contributed by atoms with van der Waals surface area (Å²) in [5.41, 5.74) is 0.602. The van der Waals surface area contributed by atoms with Crippen molar-refractivity contribution < 1.29 is 19.4 Å². The summed E-state index contributed by atoms with van der Waals surface area (Å²) in [5, 5.41) is 8.84. The predicted octanol–water partition coefficient (Wildman–Crippen LogP) is 1.13. The van der Waals surface area contributed by atoms with E-state index >= 15 is 0 Å². The normalized spacial score (nSPS) is 9.50. The molecule has 74 valence electrons. The Kier molecular flexibility index (Phi) is 3.23. The molecule has 14 heavy (non-hydrogen) atoms. The van der Waals surface area contributed by atoms with E-state index in [4.69, 9.17) is 9.84 Å². The molecule has 0 aromatic heterocycles. The van der Waals surface area contributed by atoms with Crippen LogP contribution in [0, 0.1) is 0 Å². The molecular weight excluding hydrogens is 184 g/mol. The second-order valence-corrected chi connectivity index (χ2v) is 2.70. The van der Waals surface area contributed by atoms with E-state index in [1.807, 2.05) is 0 Å². The lowest BCUT2D eigenvalue weighted by atomic mass is 10.1. The van der Waals surface area contributed by atoms with Gasteiger partial charge in [0, 0.05) is 6.42 Å². The van der Waals surface area contributed by atoms with Gasteiger partial charge in [0.15, 0.2) is 0 Å². The largest absolute Gasteiger partial charge is 0.497 e. The van der Waals surface area contributed by atoms with Crippen molar-refractivity contribution in [2.75, 3.05) is 7.11 Å². The number of methoxy groups -OCH3 is 1. The Morgan fingerprint density at radius 3 is 2.79 bits per heavy atom. The molecule has 4 nitrogen and oxygen atoms in total. The van der Waals surface area contributed by atoms with E-state index in [1.54, 1.807) is 12.1 Å². The zero-order valence-corrected chi connectivity index (χ0v) is 7.69. The Labute approximate surface area is 81.1 Å². The van der Waals surface area contributed by atoms with Gasteiger partial charge in [-0.2, -0.15) is 0 Å². The molecule has 0 aliphatic rings. The van der Waals surface area contributed by atoms with Gasteiger partial charge < -0.3 is 14.6 Å². The summed E-state index contributed by atoms with van der Waals surface area (Å²) < 4.78 is 4.89. The van der Waals surface area contributed by atoms with E-state index in [9.17, 15) is 9.59 Å². The van der Waals surface area contributed by atoms with Crippen molar-refractivity contribution >= 4 is 12.3 Å². The van der Waals surface area contributed by atoms with Crippen molar-refractivity contribution in [3.63, 3.8) is 0 Å². The molecule has 0 unspecified atom stereocenters. The van der Waals surface area contributed by atoms with Gasteiger partial charge >= 0.3 is 5.97 Å². The van der Waals surface area contributed by atoms with Gasteiger partial charge in [0.1, 0.15) is 12.0 Å². The average molecular weight is 194 g/mol. The number of aldehydes is 1. The number of hydrogen-bond donors (Lipinski definition) is 1. The van der Waals surface area contributed by atoms with E-state index in [0.29, 0.717) is 17.6 Å². The number of carboxylic acids is 1. The van der Waals surface area contributed by atoms with Crippen molar-refractivity contribution in [1.29, 1.82) is 0 Å². The third-order valence-electron chi connectivity index (χ3n) is 1.85. The maximum atomic E-state index is 10.8. The van der Waals surface area contributed by atoms with E-state index in [2.05, 4.69) is 0 Å². The first-order valence-corrected chi connectivity index (χ1v) is 4.03. The summed E-state index contributed by atoms with van der Waals surface area (Å²) in [6, 6.07) is 4.61. The Bertz CT molecular complexity index is 357. The van der Waals surface area contributed by atoms with Crippen molar-refractivity contribution in [1.82, 2.24) is 0 Å². The average Bonchev–Trinajstić information content (AvgIpc) is 2.18. The molecule has 0 amide bonds. The molecule has 0 aliphatic heterocycles. The fraction of sp³-hybridized carbons (Fsp3) is 0.200. The standard InChI is InChI=1S/C10H10O4/c1-14-8-3-2-7(4-5-11)9(6-8)10(12)13/h2-3,5-6H,4H2,1H3,(H,12,13). The number of carbonyl (C=O) groups is 2. The Morgan fingerprint density at radius 2 is 2.29 bits per heavy atom. The third kappa shape index (κ3) is 2.10. The topological polar surface area (TPSA) is 63.6 Å². The molecule has 0 saturated heterocycles. The molecule has 0 fully saturated rings. The number of aromatic carboxylic acids is 1. The molecule has 1 rings (SSSR count). The number of ether oxygens (including phenoxy) is 1. The van der Waals surface area contributed by atoms with Crippen LogP contribution in [0.1, 0.15) is 15.9 Å². The van der Waals surface area contributed by atoms with Crippen LogP contribution in [0.2, 0.25) is 0 Å². The van der Waals surface area contributed by atoms with Gasteiger partial charge in [-0.05, 0) is 17.7 Å². The lowest BCUT2D eigenvalue weighted by molar-refractivity contribution is -0.107. The first-order chi connectivity index (χ1) is 6.69. The first-order valence-electron chi connectivity index (χ1n) is 4.03. The Morgan fingerprint density at radius 1 is 1.57 bits per heavy atom. The van der Waals surface area contributed by atoms with Crippen LogP contribution in [0.4, 0.5) is 0 Å². The number of benzene rings is 1. The second-order valence-electron chi connectivity index (χ2n) is 2.70. The maximum Gasteiger partial charge on any atom is 0.336 e. The van der Waals surface area contributed by atoms with E-state index < -0.39 is 5.97 Å². The van der Waals surface area contributed by atoms with Crippen molar-refractivity contribution in [2.45, 2.75) is 6.42 Å². The van der Waals surface area contributed by atoms with E-state index in [-0.39, 0.29) is 12.0 Å². The lowest BCUT2D eigenvalue weighted by Crippen LogP contribution is -2.03. The van der Waals surface area contributed by atoms with Crippen LogP contribution >= 0.6 is 0 Å². The van der Waals surface area contributed by atoms with Crippen LogP contribution in [0.15, 0.2) is 18.2 Å². The quantitative estimate of drug-likeness (QED) is 0.730. The lowest BCUT2D eigenvalue weighted by Gasteiger charge is -2.05. The summed E-state index contributed by atoms with van der Waals surface area (Å²) in [4.78, 5) is 21.1. The summed E-state index contributed by atoms with van der Waals surface area (Å²) in [5.74, 6) is -0.585. The highest BCUT2D eigenvalue weighted by Crippen LogP contribution is 2.17. The molecule has 1 aromatic carbocycles. The Hall–Kier alpha value is -1.84. The highest BCUT2D eigenvalue weighted by Gasteiger charge is 2.10. The minimum Gasteiger partial charge on any atom is -0.497 e. The van der Waals surface area contributed by atoms with Gasteiger partial charge in [-0.15, -0.1) is 0 Å². The van der Waals surface area contributed by atoms with Crippen LogP contribution in [0.3, 0.4) is 0 Å². The molecule has 4 heteroatoms. The zero-order valence-electron chi connectivity index (χ0n) is 7.69. The molecule has 1 aromatic rings. The van der Waals surface area contributed by atoms with Crippen LogP contribution in [-0.4, -0.2) is 24.5 Å². The minimum absolute atomic E-state index is 0.103. The number of carbonyl (C=O) groups excluding carboxylic acids is 1. The fourth-order valence-corrected chi connectivity index (χ4v) is 1.15. The van der Waals surface area contributed by atoms with Crippen LogP contribution in [0.5, 0.6) is 5.75 Å². The molecule has 0 bridgehead atoms. The second kappa shape index (κ2) is 4.41. The minimum atomic E-state index is -1.05. The van der Waals surface area contributed by atoms with Crippen molar-refractivity contribution in [3.05, 3.63) is 29.3 Å². The summed E-state index contributed by atoms with van der Waals surface area (Å²) >= 11 is 0. The smallest absolute Gasteiger partial charge is 0.336 e. The van der Waals surface area contributed by atoms with E-state index in [1.165, 1.54) is 13.2 Å². The van der Waals surface area contributed by atoms with Crippen LogP contribution in [-0.2, 0) is 11.2 Å². The number of carboxylic acid groups (broad SMARTS) is 1. The molecule has 0 heterocycles. The molecule has 1 N–H and O–H groups in total. The highest BCUT2D eigenvalue weighted by molar-refractivity contribution is 5.90. The molecule has 0 atom stereocenters. The van der Waals surface area contributed by atoms with Crippen LogP contribution < -0.4 is 4.74 Å². The highest BCUT2D eigenvalue weighted by atomic mass is 16.5.